The number of hydrogen-bond donors (Lipinski definition) is 2. The van der Waals surface area contributed by atoms with E-state index in [1.165, 1.54) is 0 Å². The molecule has 1 aromatic carbocycles. The fraction of sp³-hybridized carbons (Fsp3) is 0.562. The Balaban J connectivity index is 2.08. The van der Waals surface area contributed by atoms with Gasteiger partial charge in [-0.3, -0.25) is 4.79 Å². The van der Waals surface area contributed by atoms with Gasteiger partial charge in [0.2, 0.25) is 5.91 Å². The van der Waals surface area contributed by atoms with Crippen LogP contribution in [0.4, 0.5) is 5.69 Å². The highest BCUT2D eigenvalue weighted by Crippen LogP contribution is 2.33. The molecule has 0 spiro atoms. The lowest BCUT2D eigenvalue weighted by molar-refractivity contribution is -0.127. The van der Waals surface area contributed by atoms with Crippen LogP contribution in [0.25, 0.3) is 0 Å². The Morgan fingerprint density at radius 1 is 1.40 bits per heavy atom. The molecule has 1 aliphatic heterocycles. The normalized spacial score (nSPS) is 17.7. The maximum atomic E-state index is 12.6. The summed E-state index contributed by atoms with van der Waals surface area (Å²) in [5.41, 5.74) is 1.71. The van der Waals surface area contributed by atoms with E-state index in [1.807, 2.05) is 24.3 Å². The summed E-state index contributed by atoms with van der Waals surface area (Å²) in [6, 6.07) is 7.86. The third kappa shape index (κ3) is 3.38. The molecule has 1 amide bonds. The molecular formula is C16H24N2O2. The molecule has 4 nitrogen and oxygen atoms in total. The third-order valence-corrected chi connectivity index (χ3v) is 4.21. The lowest BCUT2D eigenvalue weighted by Crippen LogP contribution is -2.44. The summed E-state index contributed by atoms with van der Waals surface area (Å²) in [6.45, 7) is 4.51. The number of piperidine rings is 1. The van der Waals surface area contributed by atoms with Crippen LogP contribution in [0.15, 0.2) is 24.3 Å². The van der Waals surface area contributed by atoms with Crippen molar-refractivity contribution in [2.75, 3.05) is 25.5 Å². The van der Waals surface area contributed by atoms with Crippen molar-refractivity contribution in [3.63, 3.8) is 0 Å². The van der Waals surface area contributed by atoms with Gasteiger partial charge >= 0.3 is 0 Å². The molecular weight excluding hydrogens is 252 g/mol. The maximum absolute atomic E-state index is 12.6. The first-order valence-electron chi connectivity index (χ1n) is 7.30. The molecule has 1 saturated heterocycles. The molecule has 0 atom stereocenters. The van der Waals surface area contributed by atoms with E-state index in [0.717, 1.165) is 43.6 Å². The number of anilines is 1. The van der Waals surface area contributed by atoms with Crippen LogP contribution in [0.2, 0.25) is 0 Å². The quantitative estimate of drug-likeness (QED) is 0.869. The summed E-state index contributed by atoms with van der Waals surface area (Å²) >= 11 is 0. The Morgan fingerprint density at radius 2 is 2.15 bits per heavy atom. The Bertz CT molecular complexity index is 454. The van der Waals surface area contributed by atoms with Crippen molar-refractivity contribution in [3.05, 3.63) is 29.8 Å². The van der Waals surface area contributed by atoms with Gasteiger partial charge in [-0.2, -0.15) is 0 Å². The molecule has 1 heterocycles. The molecule has 0 aromatic heterocycles. The minimum absolute atomic E-state index is 0.149. The van der Waals surface area contributed by atoms with Crippen molar-refractivity contribution in [2.24, 2.45) is 5.41 Å². The van der Waals surface area contributed by atoms with E-state index in [2.05, 4.69) is 17.6 Å². The van der Waals surface area contributed by atoms with Crippen molar-refractivity contribution >= 4 is 11.6 Å². The summed E-state index contributed by atoms with van der Waals surface area (Å²) in [5.74, 6) is 0.149. The number of carbonyl (C=O) groups excluding carboxylic acids is 1. The summed E-state index contributed by atoms with van der Waals surface area (Å²) in [4.78, 5) is 12.6. The van der Waals surface area contributed by atoms with E-state index < -0.39 is 0 Å². The lowest BCUT2D eigenvalue weighted by atomic mass is 9.76. The topological polar surface area (TPSA) is 50.4 Å². The van der Waals surface area contributed by atoms with Crippen molar-refractivity contribution in [3.8, 4) is 0 Å². The largest absolute Gasteiger partial charge is 0.380 e. The van der Waals surface area contributed by atoms with Gasteiger partial charge in [-0.1, -0.05) is 19.1 Å². The van der Waals surface area contributed by atoms with Crippen LogP contribution in [0.1, 0.15) is 31.7 Å². The van der Waals surface area contributed by atoms with E-state index in [1.54, 1.807) is 7.11 Å². The number of amides is 1. The SMILES string of the molecule is CCC1(C(=O)Nc2cccc(COC)c2)CCNCC1. The van der Waals surface area contributed by atoms with Gasteiger partial charge in [-0.05, 0) is 50.0 Å². The number of ether oxygens (including phenoxy) is 1. The molecule has 110 valence electrons. The van der Waals surface area contributed by atoms with Gasteiger partial charge < -0.3 is 15.4 Å². The number of methoxy groups -OCH3 is 1. The van der Waals surface area contributed by atoms with E-state index in [0.29, 0.717) is 6.61 Å². The summed E-state index contributed by atoms with van der Waals surface area (Å²) in [6.07, 6.45) is 2.71. The van der Waals surface area contributed by atoms with Gasteiger partial charge in [0.25, 0.3) is 0 Å². The molecule has 20 heavy (non-hydrogen) atoms. The first-order chi connectivity index (χ1) is 9.70. The smallest absolute Gasteiger partial charge is 0.230 e. The van der Waals surface area contributed by atoms with E-state index in [9.17, 15) is 4.79 Å². The van der Waals surface area contributed by atoms with Gasteiger partial charge in [0.15, 0.2) is 0 Å². The third-order valence-electron chi connectivity index (χ3n) is 4.21. The molecule has 4 heteroatoms. The average Bonchev–Trinajstić information content (AvgIpc) is 2.48. The first-order valence-corrected chi connectivity index (χ1v) is 7.30. The molecule has 1 aromatic rings. The number of carbonyl (C=O) groups is 1. The van der Waals surface area contributed by atoms with Crippen molar-refractivity contribution in [1.29, 1.82) is 0 Å². The van der Waals surface area contributed by atoms with Crippen LogP contribution in [0.3, 0.4) is 0 Å². The molecule has 0 saturated carbocycles. The Labute approximate surface area is 120 Å². The second kappa shape index (κ2) is 6.86. The predicted molar refractivity (Wildman–Crippen MR) is 80.6 cm³/mol. The Hall–Kier alpha value is -1.39. The standard InChI is InChI=1S/C16H24N2O2/c1-3-16(7-9-17-10-8-16)15(19)18-14-6-4-5-13(11-14)12-20-2/h4-6,11,17H,3,7-10,12H2,1-2H3,(H,18,19). The van der Waals surface area contributed by atoms with Crippen LogP contribution < -0.4 is 10.6 Å². The molecule has 0 unspecified atom stereocenters. The van der Waals surface area contributed by atoms with E-state index in [-0.39, 0.29) is 11.3 Å². The van der Waals surface area contributed by atoms with Crippen LogP contribution >= 0.6 is 0 Å². The van der Waals surface area contributed by atoms with Gasteiger partial charge in [0.1, 0.15) is 0 Å². The highest BCUT2D eigenvalue weighted by molar-refractivity contribution is 5.95. The zero-order valence-corrected chi connectivity index (χ0v) is 12.4. The molecule has 1 aliphatic rings. The van der Waals surface area contributed by atoms with Gasteiger partial charge in [-0.15, -0.1) is 0 Å². The highest BCUT2D eigenvalue weighted by Gasteiger charge is 2.37. The molecule has 1 fully saturated rings. The van der Waals surface area contributed by atoms with Crippen LogP contribution in [0, 0.1) is 5.41 Å². The summed E-state index contributed by atoms with van der Waals surface area (Å²) in [7, 11) is 1.67. The fourth-order valence-corrected chi connectivity index (χ4v) is 2.82. The Morgan fingerprint density at radius 3 is 2.80 bits per heavy atom. The van der Waals surface area contributed by atoms with Gasteiger partial charge in [0, 0.05) is 12.8 Å². The van der Waals surface area contributed by atoms with Crippen molar-refractivity contribution in [2.45, 2.75) is 32.8 Å². The molecule has 0 aliphatic carbocycles. The minimum Gasteiger partial charge on any atom is -0.380 e. The van der Waals surface area contributed by atoms with Crippen molar-refractivity contribution in [1.82, 2.24) is 5.32 Å². The second-order valence-corrected chi connectivity index (χ2v) is 5.47. The monoisotopic (exact) mass is 276 g/mol. The van der Waals surface area contributed by atoms with Crippen molar-refractivity contribution < 1.29 is 9.53 Å². The fourth-order valence-electron chi connectivity index (χ4n) is 2.82. The maximum Gasteiger partial charge on any atom is 0.230 e. The average molecular weight is 276 g/mol. The Kier molecular flexibility index (Phi) is 5.15. The molecule has 2 N–H and O–H groups in total. The lowest BCUT2D eigenvalue weighted by Gasteiger charge is -2.35. The highest BCUT2D eigenvalue weighted by atomic mass is 16.5. The predicted octanol–water partition coefficient (Wildman–Crippen LogP) is 2.55. The number of nitrogens with one attached hydrogen (secondary N) is 2. The molecule has 2 rings (SSSR count). The van der Waals surface area contributed by atoms with Crippen LogP contribution in [-0.2, 0) is 16.1 Å². The number of benzene rings is 1. The zero-order chi connectivity index (χ0) is 14.4. The summed E-state index contributed by atoms with van der Waals surface area (Å²) in [5, 5.41) is 6.40. The number of rotatable bonds is 5. The van der Waals surface area contributed by atoms with Gasteiger partial charge in [0.05, 0.1) is 12.0 Å². The minimum atomic E-state index is -0.220. The van der Waals surface area contributed by atoms with E-state index in [4.69, 9.17) is 4.74 Å². The molecule has 0 radical (unpaired) electrons. The van der Waals surface area contributed by atoms with Crippen LogP contribution in [-0.4, -0.2) is 26.1 Å². The first kappa shape index (κ1) is 15.0. The van der Waals surface area contributed by atoms with Gasteiger partial charge in [-0.25, -0.2) is 0 Å². The van der Waals surface area contributed by atoms with Crippen LogP contribution in [0.5, 0.6) is 0 Å². The zero-order valence-electron chi connectivity index (χ0n) is 12.4. The second-order valence-electron chi connectivity index (χ2n) is 5.47. The van der Waals surface area contributed by atoms with E-state index >= 15 is 0 Å². The number of hydrogen-bond acceptors (Lipinski definition) is 3. The summed E-state index contributed by atoms with van der Waals surface area (Å²) < 4.78 is 5.12. The molecule has 0 bridgehead atoms.